The van der Waals surface area contributed by atoms with Crippen LogP contribution in [0, 0.1) is 5.92 Å². The molecule has 0 saturated carbocycles. The summed E-state index contributed by atoms with van der Waals surface area (Å²) >= 11 is 0. The topological polar surface area (TPSA) is 194 Å². The van der Waals surface area contributed by atoms with Crippen LogP contribution in [-0.4, -0.2) is 59.9 Å². The number of rotatable bonds is 10. The fourth-order valence-corrected chi connectivity index (χ4v) is 1.62. The van der Waals surface area contributed by atoms with E-state index in [0.717, 1.165) is 0 Å². The molecule has 0 spiro atoms. The summed E-state index contributed by atoms with van der Waals surface area (Å²) in [5.74, 6) is -4.35. The standard InChI is InChI=1S/C13H23N5O6/c1-6(2)11(18-12(23)7(14)3-8(15)19)13(24)17-4-9(20)16-5-10(21)22/h6-7,11H,3-5,14H2,1-2H3,(H2,15,19)(H,16,20)(H,17,24)(H,18,23)(H,21,22). The molecule has 0 radical (unpaired) electrons. The van der Waals surface area contributed by atoms with Crippen molar-refractivity contribution in [2.45, 2.75) is 32.4 Å². The van der Waals surface area contributed by atoms with Crippen LogP contribution in [0.3, 0.4) is 0 Å². The maximum atomic E-state index is 12.1. The van der Waals surface area contributed by atoms with Crippen molar-refractivity contribution in [1.29, 1.82) is 0 Å². The Kier molecular flexibility index (Phi) is 9.02. The van der Waals surface area contributed by atoms with E-state index in [4.69, 9.17) is 16.6 Å². The Morgan fingerprint density at radius 2 is 1.58 bits per heavy atom. The minimum Gasteiger partial charge on any atom is -0.480 e. The average molecular weight is 345 g/mol. The number of nitrogens with one attached hydrogen (secondary N) is 3. The van der Waals surface area contributed by atoms with E-state index in [9.17, 15) is 24.0 Å². The van der Waals surface area contributed by atoms with Gasteiger partial charge in [0.25, 0.3) is 0 Å². The molecule has 0 aliphatic carbocycles. The lowest BCUT2D eigenvalue weighted by Gasteiger charge is -2.23. The predicted molar refractivity (Wildman–Crippen MR) is 82.2 cm³/mol. The van der Waals surface area contributed by atoms with E-state index in [1.54, 1.807) is 13.8 Å². The highest BCUT2D eigenvalue weighted by Gasteiger charge is 2.27. The second-order valence-electron chi connectivity index (χ2n) is 5.40. The summed E-state index contributed by atoms with van der Waals surface area (Å²) in [6, 6.07) is -2.17. The number of amides is 4. The SMILES string of the molecule is CC(C)C(NC(=O)C(N)CC(N)=O)C(=O)NCC(=O)NCC(=O)O. The number of hydrogen-bond donors (Lipinski definition) is 6. The first-order valence-electron chi connectivity index (χ1n) is 7.15. The maximum absolute atomic E-state index is 12.1. The molecule has 0 aliphatic rings. The van der Waals surface area contributed by atoms with Gasteiger partial charge in [0.1, 0.15) is 12.6 Å². The second kappa shape index (κ2) is 10.2. The van der Waals surface area contributed by atoms with E-state index in [0.29, 0.717) is 0 Å². The van der Waals surface area contributed by atoms with Crippen molar-refractivity contribution in [3.63, 3.8) is 0 Å². The predicted octanol–water partition coefficient (Wildman–Crippen LogP) is -3.35. The number of aliphatic carboxylic acids is 1. The van der Waals surface area contributed by atoms with Gasteiger partial charge in [-0.25, -0.2) is 0 Å². The number of nitrogens with two attached hydrogens (primary N) is 2. The van der Waals surface area contributed by atoms with Gasteiger partial charge in [-0.15, -0.1) is 0 Å². The van der Waals surface area contributed by atoms with Crippen molar-refractivity contribution in [2.24, 2.45) is 17.4 Å². The van der Waals surface area contributed by atoms with Gasteiger partial charge in [0.15, 0.2) is 0 Å². The lowest BCUT2D eigenvalue weighted by molar-refractivity contribution is -0.138. The Morgan fingerprint density at radius 1 is 1.00 bits per heavy atom. The molecular formula is C13H23N5O6. The van der Waals surface area contributed by atoms with Crippen LogP contribution in [0.4, 0.5) is 0 Å². The average Bonchev–Trinajstić information content (AvgIpc) is 2.46. The smallest absolute Gasteiger partial charge is 0.322 e. The zero-order valence-electron chi connectivity index (χ0n) is 13.5. The summed E-state index contributed by atoms with van der Waals surface area (Å²) in [6.07, 6.45) is -0.365. The van der Waals surface area contributed by atoms with Crippen molar-refractivity contribution >= 4 is 29.6 Å². The molecule has 136 valence electrons. The van der Waals surface area contributed by atoms with Gasteiger partial charge >= 0.3 is 5.97 Å². The van der Waals surface area contributed by atoms with Crippen LogP contribution in [0.5, 0.6) is 0 Å². The van der Waals surface area contributed by atoms with Crippen molar-refractivity contribution < 1.29 is 29.1 Å². The summed E-state index contributed by atoms with van der Waals surface area (Å²) in [5.41, 5.74) is 10.4. The van der Waals surface area contributed by atoms with E-state index in [1.807, 2.05) is 0 Å². The van der Waals surface area contributed by atoms with E-state index < -0.39 is 54.8 Å². The summed E-state index contributed by atoms with van der Waals surface area (Å²) in [5, 5.41) is 15.2. The van der Waals surface area contributed by atoms with Gasteiger partial charge in [0.2, 0.25) is 23.6 Å². The molecule has 0 fully saturated rings. The van der Waals surface area contributed by atoms with Gasteiger partial charge < -0.3 is 32.5 Å². The quantitative estimate of drug-likeness (QED) is 0.238. The molecule has 0 aliphatic heterocycles. The first-order chi connectivity index (χ1) is 11.0. The fourth-order valence-electron chi connectivity index (χ4n) is 1.62. The third kappa shape index (κ3) is 8.68. The van der Waals surface area contributed by atoms with Gasteiger partial charge in [0.05, 0.1) is 19.0 Å². The maximum Gasteiger partial charge on any atom is 0.322 e. The Morgan fingerprint density at radius 3 is 2.04 bits per heavy atom. The molecule has 4 amide bonds. The van der Waals surface area contributed by atoms with Crippen LogP contribution in [0.1, 0.15) is 20.3 Å². The molecule has 11 heteroatoms. The van der Waals surface area contributed by atoms with Crippen LogP contribution in [0.15, 0.2) is 0 Å². The fraction of sp³-hybridized carbons (Fsp3) is 0.615. The molecular weight excluding hydrogens is 322 g/mol. The Bertz CT molecular complexity index is 507. The molecule has 11 nitrogen and oxygen atoms in total. The first kappa shape index (κ1) is 21.3. The number of primary amides is 1. The summed E-state index contributed by atoms with van der Waals surface area (Å²) in [6.45, 7) is 2.31. The molecule has 0 bridgehead atoms. The Labute approximate surface area is 138 Å². The van der Waals surface area contributed by atoms with Gasteiger partial charge in [-0.1, -0.05) is 13.8 Å². The molecule has 0 heterocycles. The van der Waals surface area contributed by atoms with E-state index in [1.165, 1.54) is 0 Å². The van der Waals surface area contributed by atoms with Crippen molar-refractivity contribution in [2.75, 3.05) is 13.1 Å². The normalized spacial score (nSPS) is 12.8. The Hall–Kier alpha value is -2.69. The highest BCUT2D eigenvalue weighted by molar-refractivity contribution is 5.93. The molecule has 2 atom stereocenters. The second-order valence-corrected chi connectivity index (χ2v) is 5.40. The van der Waals surface area contributed by atoms with Crippen molar-refractivity contribution in [1.82, 2.24) is 16.0 Å². The number of carbonyl (C=O) groups excluding carboxylic acids is 4. The van der Waals surface area contributed by atoms with Crippen LogP contribution in [0.2, 0.25) is 0 Å². The zero-order valence-corrected chi connectivity index (χ0v) is 13.5. The monoisotopic (exact) mass is 345 g/mol. The van der Waals surface area contributed by atoms with E-state index in [-0.39, 0.29) is 12.3 Å². The molecule has 24 heavy (non-hydrogen) atoms. The lowest BCUT2D eigenvalue weighted by atomic mass is 10.0. The number of carbonyl (C=O) groups is 5. The van der Waals surface area contributed by atoms with Crippen LogP contribution in [-0.2, 0) is 24.0 Å². The highest BCUT2D eigenvalue weighted by atomic mass is 16.4. The minimum atomic E-state index is -1.22. The summed E-state index contributed by atoms with van der Waals surface area (Å²) in [4.78, 5) is 56.3. The third-order valence-electron chi connectivity index (χ3n) is 2.86. The molecule has 2 unspecified atom stereocenters. The number of carboxylic acids is 1. The summed E-state index contributed by atoms with van der Waals surface area (Å²) < 4.78 is 0. The zero-order chi connectivity index (χ0) is 18.9. The molecule has 0 aromatic heterocycles. The van der Waals surface area contributed by atoms with Gasteiger partial charge in [-0.05, 0) is 5.92 Å². The first-order valence-corrected chi connectivity index (χ1v) is 7.15. The molecule has 0 aromatic rings. The highest BCUT2D eigenvalue weighted by Crippen LogP contribution is 2.02. The van der Waals surface area contributed by atoms with Crippen LogP contribution in [0.25, 0.3) is 0 Å². The molecule has 0 aromatic carbocycles. The van der Waals surface area contributed by atoms with Gasteiger partial charge in [0, 0.05) is 0 Å². The molecule has 0 saturated heterocycles. The van der Waals surface area contributed by atoms with Crippen molar-refractivity contribution in [3.8, 4) is 0 Å². The largest absolute Gasteiger partial charge is 0.480 e. The summed E-state index contributed by atoms with van der Waals surface area (Å²) in [7, 11) is 0. The van der Waals surface area contributed by atoms with Crippen LogP contribution >= 0.6 is 0 Å². The van der Waals surface area contributed by atoms with E-state index in [2.05, 4.69) is 16.0 Å². The number of carboxylic acid groups (broad SMARTS) is 1. The number of hydrogen-bond acceptors (Lipinski definition) is 6. The van der Waals surface area contributed by atoms with Gasteiger partial charge in [-0.2, -0.15) is 0 Å². The lowest BCUT2D eigenvalue weighted by Crippen LogP contribution is -2.55. The van der Waals surface area contributed by atoms with Crippen LogP contribution < -0.4 is 27.4 Å². The van der Waals surface area contributed by atoms with Crippen molar-refractivity contribution in [3.05, 3.63) is 0 Å². The molecule has 8 N–H and O–H groups in total. The minimum absolute atomic E-state index is 0.322. The van der Waals surface area contributed by atoms with E-state index >= 15 is 0 Å². The molecule has 0 rings (SSSR count). The van der Waals surface area contributed by atoms with Gasteiger partial charge in [-0.3, -0.25) is 24.0 Å². The Balaban J connectivity index is 4.57. The third-order valence-corrected chi connectivity index (χ3v) is 2.86.